The van der Waals surface area contributed by atoms with Crippen molar-refractivity contribution in [3.05, 3.63) is 0 Å². The first-order valence-corrected chi connectivity index (χ1v) is 6.64. The van der Waals surface area contributed by atoms with Crippen molar-refractivity contribution in [2.75, 3.05) is 0 Å². The van der Waals surface area contributed by atoms with Crippen LogP contribution in [0.1, 0.15) is 52.9 Å². The highest BCUT2D eigenvalue weighted by molar-refractivity contribution is 7.91. The summed E-state index contributed by atoms with van der Waals surface area (Å²) in [5, 5.41) is 10.1. The largest absolute Gasteiger partial charge is 0.591 e. The first-order chi connectivity index (χ1) is 6.83. The van der Waals surface area contributed by atoms with Crippen molar-refractivity contribution in [3.8, 4) is 0 Å². The van der Waals surface area contributed by atoms with Crippen molar-refractivity contribution < 1.29 is 9.66 Å². The van der Waals surface area contributed by atoms with E-state index in [0.29, 0.717) is 0 Å². The third-order valence-corrected chi connectivity index (χ3v) is 3.98. The minimum absolute atomic E-state index is 0.346. The van der Waals surface area contributed by atoms with E-state index in [4.69, 9.17) is 0 Å². The van der Waals surface area contributed by atoms with E-state index in [9.17, 15) is 9.66 Å². The van der Waals surface area contributed by atoms with E-state index < -0.39 is 17.0 Å². The lowest BCUT2D eigenvalue weighted by Gasteiger charge is -2.28. The molecule has 0 amide bonds. The van der Waals surface area contributed by atoms with E-state index in [0.717, 1.165) is 25.7 Å². The highest BCUT2D eigenvalue weighted by atomic mass is 32.2. The Bertz CT molecular complexity index is 229. The molecule has 1 aliphatic carbocycles. The maximum atomic E-state index is 11.7. The molecule has 0 radical (unpaired) electrons. The highest BCUT2D eigenvalue weighted by Crippen LogP contribution is 2.27. The molecule has 1 unspecified atom stereocenters. The summed E-state index contributed by atoms with van der Waals surface area (Å²) >= 11 is -1.26. The molecule has 3 nitrogen and oxygen atoms in total. The number of nitrogens with zero attached hydrogens (tertiary/aromatic N) is 1. The molecular formula is C11H21NO2S. The molecular weight excluding hydrogens is 210 g/mol. The van der Waals surface area contributed by atoms with Gasteiger partial charge in [-0.3, -0.25) is 0 Å². The van der Waals surface area contributed by atoms with Gasteiger partial charge in [-0.2, -0.15) is 0 Å². The van der Waals surface area contributed by atoms with E-state index >= 15 is 0 Å². The number of hydrogen-bond donors (Lipinski definition) is 1. The van der Waals surface area contributed by atoms with Crippen LogP contribution >= 0.6 is 0 Å². The molecule has 1 saturated carbocycles. The number of hydrogen-bond acceptors (Lipinski definition) is 3. The Hall–Kier alpha value is -0.0600. The second-order valence-corrected chi connectivity index (χ2v) is 7.19. The van der Waals surface area contributed by atoms with Crippen LogP contribution in [0.5, 0.6) is 0 Å². The first kappa shape index (κ1) is 13.0. The van der Waals surface area contributed by atoms with Gasteiger partial charge in [-0.25, -0.2) is 0 Å². The fourth-order valence-electron chi connectivity index (χ4n) is 1.60. The average molecular weight is 231 g/mol. The summed E-state index contributed by atoms with van der Waals surface area (Å²) in [6, 6.07) is 0. The summed E-state index contributed by atoms with van der Waals surface area (Å²) in [5.74, 6) is 0. The van der Waals surface area contributed by atoms with Crippen LogP contribution in [-0.4, -0.2) is 26.2 Å². The molecule has 15 heavy (non-hydrogen) atoms. The lowest BCUT2D eigenvalue weighted by molar-refractivity contribution is 0.0760. The van der Waals surface area contributed by atoms with Crippen molar-refractivity contribution in [1.29, 1.82) is 0 Å². The number of rotatable bonds is 2. The Morgan fingerprint density at radius 1 is 1.27 bits per heavy atom. The Morgan fingerprint density at radius 2 is 1.80 bits per heavy atom. The molecule has 0 aliphatic heterocycles. The number of aliphatic hydroxyl groups is 1. The SMILES string of the molecule is CC(C)(C)[S+]([O-])N=CC1(O)CCCCC1. The van der Waals surface area contributed by atoms with Crippen molar-refractivity contribution in [3.63, 3.8) is 0 Å². The molecule has 1 atom stereocenters. The molecule has 0 spiro atoms. The second-order valence-electron chi connectivity index (χ2n) is 5.26. The summed E-state index contributed by atoms with van der Waals surface area (Å²) in [6.45, 7) is 5.64. The molecule has 0 aromatic rings. The van der Waals surface area contributed by atoms with Gasteiger partial charge in [-0.15, -0.1) is 0 Å². The standard InChI is InChI=1S/C11H21NO2S/c1-10(2,3)15(14)12-9-11(13)7-5-4-6-8-11/h9,13H,4-8H2,1-3H3. The van der Waals surface area contributed by atoms with Crippen LogP contribution in [0.2, 0.25) is 0 Å². The van der Waals surface area contributed by atoms with Crippen LogP contribution < -0.4 is 0 Å². The average Bonchev–Trinajstić information content (AvgIpc) is 2.14. The lowest BCUT2D eigenvalue weighted by atomic mass is 9.86. The molecule has 1 aliphatic rings. The molecule has 0 heterocycles. The predicted molar refractivity (Wildman–Crippen MR) is 64.4 cm³/mol. The van der Waals surface area contributed by atoms with Gasteiger partial charge in [-0.1, -0.05) is 23.7 Å². The Kier molecular flexibility index (Phi) is 4.20. The van der Waals surface area contributed by atoms with Gasteiger partial charge >= 0.3 is 0 Å². The molecule has 4 heteroatoms. The van der Waals surface area contributed by atoms with Gasteiger partial charge in [0.15, 0.2) is 0 Å². The van der Waals surface area contributed by atoms with Crippen LogP contribution in [0.4, 0.5) is 0 Å². The summed E-state index contributed by atoms with van der Waals surface area (Å²) in [6.07, 6.45) is 6.25. The maximum Gasteiger partial charge on any atom is 0.144 e. The van der Waals surface area contributed by atoms with Gasteiger partial charge in [0.05, 0.1) is 6.21 Å². The van der Waals surface area contributed by atoms with Gasteiger partial charge in [0.25, 0.3) is 0 Å². The molecule has 0 saturated heterocycles. The van der Waals surface area contributed by atoms with E-state index in [1.165, 1.54) is 12.6 Å². The zero-order valence-electron chi connectivity index (χ0n) is 9.82. The molecule has 0 aromatic carbocycles. The van der Waals surface area contributed by atoms with E-state index in [1.807, 2.05) is 20.8 Å². The zero-order chi connectivity index (χ0) is 11.5. The third-order valence-electron chi connectivity index (χ3n) is 2.63. The minimum atomic E-state index is -1.26. The van der Waals surface area contributed by atoms with Crippen molar-refractivity contribution in [2.24, 2.45) is 4.40 Å². The van der Waals surface area contributed by atoms with E-state index in [-0.39, 0.29) is 4.75 Å². The topological polar surface area (TPSA) is 55.7 Å². The van der Waals surface area contributed by atoms with Crippen LogP contribution in [0.15, 0.2) is 4.40 Å². The Labute approximate surface area is 95.3 Å². The normalized spacial score (nSPS) is 24.3. The fraction of sp³-hybridized carbons (Fsp3) is 0.909. The molecule has 0 aromatic heterocycles. The maximum absolute atomic E-state index is 11.7. The van der Waals surface area contributed by atoms with Gasteiger partial charge < -0.3 is 9.66 Å². The monoisotopic (exact) mass is 231 g/mol. The minimum Gasteiger partial charge on any atom is -0.591 e. The summed E-state index contributed by atoms with van der Waals surface area (Å²) < 4.78 is 15.3. The molecule has 0 bridgehead atoms. The predicted octanol–water partition coefficient (Wildman–Crippen LogP) is 2.21. The smallest absolute Gasteiger partial charge is 0.144 e. The quantitative estimate of drug-likeness (QED) is 0.585. The van der Waals surface area contributed by atoms with Crippen molar-refractivity contribution >= 4 is 17.6 Å². The first-order valence-electron chi connectivity index (χ1n) is 5.53. The summed E-state index contributed by atoms with van der Waals surface area (Å²) in [5.41, 5.74) is -0.806. The van der Waals surface area contributed by atoms with Gasteiger partial charge in [0.2, 0.25) is 0 Å². The molecule has 1 rings (SSSR count). The van der Waals surface area contributed by atoms with Crippen molar-refractivity contribution in [1.82, 2.24) is 0 Å². The zero-order valence-corrected chi connectivity index (χ0v) is 10.6. The van der Waals surface area contributed by atoms with Crippen molar-refractivity contribution in [2.45, 2.75) is 63.2 Å². The van der Waals surface area contributed by atoms with Crippen LogP contribution in [0.25, 0.3) is 0 Å². The Balaban J connectivity index is 2.55. The van der Waals surface area contributed by atoms with Crippen LogP contribution in [0.3, 0.4) is 0 Å². The van der Waals surface area contributed by atoms with Crippen LogP contribution in [-0.2, 0) is 11.4 Å². The highest BCUT2D eigenvalue weighted by Gasteiger charge is 2.31. The van der Waals surface area contributed by atoms with Gasteiger partial charge in [0.1, 0.15) is 21.7 Å². The summed E-state index contributed by atoms with van der Waals surface area (Å²) in [7, 11) is 0. The van der Waals surface area contributed by atoms with Gasteiger partial charge in [0, 0.05) is 0 Å². The fourth-order valence-corrected chi connectivity index (χ4v) is 2.21. The molecule has 1 N–H and O–H groups in total. The van der Waals surface area contributed by atoms with Gasteiger partial charge in [-0.05, 0) is 33.6 Å². The second kappa shape index (κ2) is 4.85. The summed E-state index contributed by atoms with van der Waals surface area (Å²) in [4.78, 5) is 0. The third kappa shape index (κ3) is 4.13. The molecule has 1 fully saturated rings. The lowest BCUT2D eigenvalue weighted by Crippen LogP contribution is -2.34. The molecule has 88 valence electrons. The van der Waals surface area contributed by atoms with E-state index in [2.05, 4.69) is 4.40 Å². The van der Waals surface area contributed by atoms with E-state index in [1.54, 1.807) is 0 Å². The van der Waals surface area contributed by atoms with Crippen LogP contribution in [0, 0.1) is 0 Å². The Morgan fingerprint density at radius 3 is 2.27 bits per heavy atom.